The zero-order valence-electron chi connectivity index (χ0n) is 11.7. The van der Waals surface area contributed by atoms with Crippen LogP contribution in [0.1, 0.15) is 29.9 Å². The van der Waals surface area contributed by atoms with Gasteiger partial charge in [-0.1, -0.05) is 25.4 Å². The minimum Gasteiger partial charge on any atom is -0.284 e. The number of Topliss-reactive ketones (excluding diaryl/α,β-unsaturated/α-hetero) is 1. The molecule has 3 nitrogen and oxygen atoms in total. The first-order valence-corrected chi connectivity index (χ1v) is 6.60. The summed E-state index contributed by atoms with van der Waals surface area (Å²) in [7, 11) is 0. The smallest absolute Gasteiger partial charge is 0.284 e. The molecule has 0 saturated carbocycles. The van der Waals surface area contributed by atoms with Crippen molar-refractivity contribution in [3.05, 3.63) is 46.7 Å². The van der Waals surface area contributed by atoms with Crippen molar-refractivity contribution >= 4 is 17.4 Å². The van der Waals surface area contributed by atoms with Gasteiger partial charge in [0.15, 0.2) is 0 Å². The molecule has 1 aromatic carbocycles. The van der Waals surface area contributed by atoms with E-state index in [0.717, 1.165) is 6.07 Å². The van der Waals surface area contributed by atoms with Gasteiger partial charge in [-0.15, -0.1) is 0 Å². The van der Waals surface area contributed by atoms with E-state index in [4.69, 9.17) is 11.6 Å². The first-order chi connectivity index (χ1) is 9.79. The number of aryl methyl sites for hydroxylation is 1. The van der Waals surface area contributed by atoms with Gasteiger partial charge in [-0.25, -0.2) is 4.68 Å². The fourth-order valence-corrected chi connectivity index (χ4v) is 1.75. The molecule has 2 aromatic rings. The summed E-state index contributed by atoms with van der Waals surface area (Å²) < 4.78 is 38.8. The second-order valence-electron chi connectivity index (χ2n) is 3.89. The maximum Gasteiger partial charge on any atom is 0.454 e. The third-order valence-corrected chi connectivity index (χ3v) is 2.67. The molecule has 0 amide bonds. The first kappa shape index (κ1) is 17.2. The maximum absolute atomic E-state index is 12.5. The molecule has 0 aliphatic heterocycles. The Balaban J connectivity index is 0.00000106. The summed E-state index contributed by atoms with van der Waals surface area (Å²) >= 11 is 5.76. The van der Waals surface area contributed by atoms with E-state index in [1.165, 1.54) is 23.0 Å². The van der Waals surface area contributed by atoms with Gasteiger partial charge in [-0.05, 0) is 31.2 Å². The fraction of sp³-hybridized carbons (Fsp3) is 0.286. The number of hydrogen-bond acceptors (Lipinski definition) is 2. The number of alkyl halides is 3. The number of aromatic nitrogens is 2. The van der Waals surface area contributed by atoms with Gasteiger partial charge in [0, 0.05) is 11.2 Å². The van der Waals surface area contributed by atoms with Gasteiger partial charge in [0.2, 0.25) is 0 Å². The Morgan fingerprint density at radius 2 is 1.86 bits per heavy atom. The number of carbonyl (C=O) groups excluding carboxylic acids is 1. The minimum absolute atomic E-state index is 0.00271. The summed E-state index contributed by atoms with van der Waals surface area (Å²) in [5.74, 6) is -1.92. The van der Waals surface area contributed by atoms with Gasteiger partial charge in [0.25, 0.3) is 5.78 Å². The lowest BCUT2D eigenvalue weighted by Gasteiger charge is -2.11. The molecule has 0 spiro atoms. The topological polar surface area (TPSA) is 34.9 Å². The van der Waals surface area contributed by atoms with E-state index in [1.807, 2.05) is 13.8 Å². The van der Waals surface area contributed by atoms with Gasteiger partial charge < -0.3 is 0 Å². The first-order valence-electron chi connectivity index (χ1n) is 6.23. The Hall–Kier alpha value is -1.82. The van der Waals surface area contributed by atoms with Crippen molar-refractivity contribution in [1.82, 2.24) is 9.78 Å². The number of halogens is 4. The molecular weight excluding hydrogens is 305 g/mol. The molecule has 1 heterocycles. The lowest BCUT2D eigenvalue weighted by Crippen LogP contribution is -2.24. The number of benzene rings is 1. The molecule has 0 aliphatic rings. The van der Waals surface area contributed by atoms with E-state index in [9.17, 15) is 18.0 Å². The van der Waals surface area contributed by atoms with E-state index < -0.39 is 17.5 Å². The van der Waals surface area contributed by atoms with E-state index in [2.05, 4.69) is 5.10 Å². The summed E-state index contributed by atoms with van der Waals surface area (Å²) in [6.45, 7) is 5.69. The summed E-state index contributed by atoms with van der Waals surface area (Å²) in [6.07, 6.45) is -3.47. The van der Waals surface area contributed by atoms with Crippen molar-refractivity contribution in [3.63, 3.8) is 0 Å². The second kappa shape index (κ2) is 6.76. The highest BCUT2D eigenvalue weighted by atomic mass is 35.5. The highest BCUT2D eigenvalue weighted by Gasteiger charge is 2.40. The van der Waals surface area contributed by atoms with E-state index in [-0.39, 0.29) is 10.7 Å². The molecule has 0 fully saturated rings. The molecule has 0 N–H and O–H groups in total. The number of hydrogen-bond donors (Lipinski definition) is 0. The van der Waals surface area contributed by atoms with Gasteiger partial charge in [0.05, 0.1) is 16.9 Å². The minimum atomic E-state index is -4.94. The Bertz CT molecular complexity index is 635. The molecule has 0 radical (unpaired) electrons. The van der Waals surface area contributed by atoms with Gasteiger partial charge in [0.1, 0.15) is 0 Å². The SMILES string of the molecule is CC.Cc1ccn(-c2cc(Cl)ccc2C(=O)C(F)(F)F)n1. The van der Waals surface area contributed by atoms with Crippen molar-refractivity contribution in [3.8, 4) is 5.69 Å². The highest BCUT2D eigenvalue weighted by Crippen LogP contribution is 2.27. The standard InChI is InChI=1S/C12H8ClF3N2O.C2H6/c1-7-4-5-18(17-7)10-6-8(13)2-3-9(10)11(19)12(14,15)16;1-2/h2-6H,1H3;1-2H3. The molecule has 0 atom stereocenters. The number of carbonyl (C=O) groups is 1. The second-order valence-corrected chi connectivity index (χ2v) is 4.33. The lowest BCUT2D eigenvalue weighted by molar-refractivity contribution is -0.0885. The normalized spacial score (nSPS) is 10.8. The third-order valence-electron chi connectivity index (χ3n) is 2.43. The van der Waals surface area contributed by atoms with Crippen molar-refractivity contribution in [1.29, 1.82) is 0 Å². The Labute approximate surface area is 125 Å². The van der Waals surface area contributed by atoms with Crippen molar-refractivity contribution < 1.29 is 18.0 Å². The molecular formula is C14H14ClF3N2O. The van der Waals surface area contributed by atoms with E-state index in [1.54, 1.807) is 13.0 Å². The van der Waals surface area contributed by atoms with Crippen molar-refractivity contribution in [2.45, 2.75) is 26.9 Å². The molecule has 1 aromatic heterocycles. The van der Waals surface area contributed by atoms with Crippen LogP contribution in [0.3, 0.4) is 0 Å². The average molecular weight is 319 g/mol. The van der Waals surface area contributed by atoms with Crippen LogP contribution in [-0.2, 0) is 0 Å². The Morgan fingerprint density at radius 1 is 1.24 bits per heavy atom. The summed E-state index contributed by atoms with van der Waals surface area (Å²) in [6, 6.07) is 5.17. The predicted octanol–water partition coefficient (Wildman–Crippen LogP) is 4.61. The molecule has 2 rings (SSSR count). The molecule has 0 unspecified atom stereocenters. The zero-order chi connectivity index (χ0) is 16.2. The monoisotopic (exact) mass is 318 g/mol. The number of rotatable bonds is 2. The average Bonchev–Trinajstić information content (AvgIpc) is 2.86. The maximum atomic E-state index is 12.5. The van der Waals surface area contributed by atoms with Crippen LogP contribution in [-0.4, -0.2) is 21.7 Å². The third kappa shape index (κ3) is 4.07. The van der Waals surface area contributed by atoms with E-state index in [0.29, 0.717) is 5.69 Å². The largest absolute Gasteiger partial charge is 0.454 e. The van der Waals surface area contributed by atoms with Crippen LogP contribution in [0.15, 0.2) is 30.5 Å². The fourth-order valence-electron chi connectivity index (χ4n) is 1.59. The predicted molar refractivity (Wildman–Crippen MR) is 75.0 cm³/mol. The van der Waals surface area contributed by atoms with Gasteiger partial charge in [-0.2, -0.15) is 18.3 Å². The summed E-state index contributed by atoms with van der Waals surface area (Å²) in [5, 5.41) is 4.21. The van der Waals surface area contributed by atoms with Crippen LogP contribution in [0, 0.1) is 6.92 Å². The Morgan fingerprint density at radius 3 is 2.33 bits per heavy atom. The molecule has 21 heavy (non-hydrogen) atoms. The Kier molecular flexibility index (Phi) is 5.54. The summed E-state index contributed by atoms with van der Waals surface area (Å²) in [5.41, 5.74) is 0.133. The molecule has 0 aliphatic carbocycles. The van der Waals surface area contributed by atoms with E-state index >= 15 is 0 Å². The van der Waals surface area contributed by atoms with Crippen LogP contribution < -0.4 is 0 Å². The van der Waals surface area contributed by atoms with Crippen LogP contribution in [0.4, 0.5) is 13.2 Å². The van der Waals surface area contributed by atoms with Crippen LogP contribution in [0.25, 0.3) is 5.69 Å². The lowest BCUT2D eigenvalue weighted by atomic mass is 10.1. The van der Waals surface area contributed by atoms with Crippen molar-refractivity contribution in [2.75, 3.05) is 0 Å². The van der Waals surface area contributed by atoms with Crippen LogP contribution in [0.5, 0.6) is 0 Å². The van der Waals surface area contributed by atoms with Crippen molar-refractivity contribution in [2.24, 2.45) is 0 Å². The molecule has 7 heteroatoms. The summed E-state index contributed by atoms with van der Waals surface area (Å²) in [4.78, 5) is 11.4. The molecule has 0 bridgehead atoms. The zero-order valence-corrected chi connectivity index (χ0v) is 12.5. The van der Waals surface area contributed by atoms with Gasteiger partial charge in [-0.3, -0.25) is 4.79 Å². The highest BCUT2D eigenvalue weighted by molar-refractivity contribution is 6.31. The number of nitrogens with zero attached hydrogens (tertiary/aromatic N) is 2. The molecule has 0 saturated heterocycles. The van der Waals surface area contributed by atoms with Gasteiger partial charge >= 0.3 is 6.18 Å². The quantitative estimate of drug-likeness (QED) is 0.758. The number of ketones is 1. The van der Waals surface area contributed by atoms with Crippen LogP contribution >= 0.6 is 11.6 Å². The van der Waals surface area contributed by atoms with Crippen LogP contribution in [0.2, 0.25) is 5.02 Å². The molecule has 114 valence electrons.